The molecule has 146 valence electrons. The minimum atomic E-state index is -1.32. The fourth-order valence-electron chi connectivity index (χ4n) is 4.23. The molecule has 0 unspecified atom stereocenters. The smallest absolute Gasteiger partial charge is 0.137 e. The van der Waals surface area contributed by atoms with Crippen LogP contribution in [0.4, 0.5) is 0 Å². The summed E-state index contributed by atoms with van der Waals surface area (Å²) in [6, 6.07) is 7.68. The van der Waals surface area contributed by atoms with Gasteiger partial charge in [-0.25, -0.2) is 0 Å². The van der Waals surface area contributed by atoms with Gasteiger partial charge in [0.25, 0.3) is 0 Å². The van der Waals surface area contributed by atoms with Gasteiger partial charge in [-0.05, 0) is 38.3 Å². The van der Waals surface area contributed by atoms with Crippen molar-refractivity contribution < 1.29 is 20.1 Å². The van der Waals surface area contributed by atoms with Crippen molar-refractivity contribution in [2.45, 2.75) is 69.2 Å². The summed E-state index contributed by atoms with van der Waals surface area (Å²) in [7, 11) is 0. The number of aliphatic hydroxyl groups excluding tert-OH is 1. The Morgan fingerprint density at radius 3 is 2.38 bits per heavy atom. The van der Waals surface area contributed by atoms with Gasteiger partial charge < -0.3 is 20.1 Å². The van der Waals surface area contributed by atoms with E-state index in [1.807, 2.05) is 31.2 Å². The number of aliphatic hydroxyl groups is 3. The van der Waals surface area contributed by atoms with Gasteiger partial charge in [0.15, 0.2) is 0 Å². The lowest BCUT2D eigenvalue weighted by atomic mass is 9.87. The lowest BCUT2D eigenvalue weighted by Gasteiger charge is -2.44. The molecule has 1 aromatic rings. The van der Waals surface area contributed by atoms with E-state index in [9.17, 15) is 15.3 Å². The Morgan fingerprint density at radius 1 is 1.08 bits per heavy atom. The average molecular weight is 363 g/mol. The third-order valence-corrected chi connectivity index (χ3v) is 5.90. The summed E-state index contributed by atoms with van der Waals surface area (Å²) in [5, 5.41) is 32.3. The number of ether oxygens (including phenoxy) is 1. The SMILES string of the molecule is Cc1ccc(OC[C@@]2(O)CN(CC3(O)CCCCCC3)CC[C@@H]2O)cc1. The summed E-state index contributed by atoms with van der Waals surface area (Å²) in [6.45, 7) is 3.63. The van der Waals surface area contributed by atoms with E-state index < -0.39 is 17.3 Å². The van der Waals surface area contributed by atoms with Gasteiger partial charge in [0.05, 0.1) is 11.7 Å². The molecule has 3 rings (SSSR count). The number of aryl methyl sites for hydroxylation is 1. The summed E-state index contributed by atoms with van der Waals surface area (Å²) in [5.41, 5.74) is -0.835. The molecule has 1 heterocycles. The van der Waals surface area contributed by atoms with E-state index in [-0.39, 0.29) is 6.61 Å². The van der Waals surface area contributed by atoms with Crippen LogP contribution < -0.4 is 4.74 Å². The fraction of sp³-hybridized carbons (Fsp3) is 0.714. The number of likely N-dealkylation sites (tertiary alicyclic amines) is 1. The van der Waals surface area contributed by atoms with Crippen LogP contribution in [0.2, 0.25) is 0 Å². The van der Waals surface area contributed by atoms with Gasteiger partial charge in [0, 0.05) is 19.6 Å². The average Bonchev–Trinajstić information content (AvgIpc) is 2.82. The Hall–Kier alpha value is -1.14. The molecule has 1 saturated heterocycles. The van der Waals surface area contributed by atoms with Crippen LogP contribution >= 0.6 is 0 Å². The maximum absolute atomic E-state index is 11.0. The zero-order valence-electron chi connectivity index (χ0n) is 15.9. The number of rotatable bonds is 5. The molecule has 2 aliphatic rings. The molecule has 1 aromatic carbocycles. The quantitative estimate of drug-likeness (QED) is 0.700. The van der Waals surface area contributed by atoms with E-state index in [1.165, 1.54) is 12.8 Å². The Balaban J connectivity index is 1.60. The van der Waals surface area contributed by atoms with Crippen LogP contribution in [0.15, 0.2) is 24.3 Å². The van der Waals surface area contributed by atoms with Crippen molar-refractivity contribution in [2.75, 3.05) is 26.2 Å². The first kappa shape index (κ1) is 19.6. The molecule has 0 radical (unpaired) electrons. The van der Waals surface area contributed by atoms with Crippen molar-refractivity contribution in [3.05, 3.63) is 29.8 Å². The minimum Gasteiger partial charge on any atom is -0.490 e. The molecule has 0 aromatic heterocycles. The Kier molecular flexibility index (Phi) is 6.23. The highest BCUT2D eigenvalue weighted by atomic mass is 16.5. The van der Waals surface area contributed by atoms with Gasteiger partial charge >= 0.3 is 0 Å². The predicted octanol–water partition coefficient (Wildman–Crippen LogP) is 2.26. The van der Waals surface area contributed by atoms with E-state index in [1.54, 1.807) is 0 Å². The van der Waals surface area contributed by atoms with E-state index in [2.05, 4.69) is 4.90 Å². The van der Waals surface area contributed by atoms with Crippen molar-refractivity contribution in [2.24, 2.45) is 0 Å². The van der Waals surface area contributed by atoms with Crippen molar-refractivity contribution in [1.82, 2.24) is 4.90 Å². The molecule has 2 fully saturated rings. The molecule has 5 heteroatoms. The Morgan fingerprint density at radius 2 is 1.73 bits per heavy atom. The van der Waals surface area contributed by atoms with E-state index >= 15 is 0 Å². The van der Waals surface area contributed by atoms with Crippen molar-refractivity contribution in [1.29, 1.82) is 0 Å². The second-order valence-corrected chi connectivity index (χ2v) is 8.36. The number of piperidine rings is 1. The van der Waals surface area contributed by atoms with Crippen LogP contribution in [-0.2, 0) is 0 Å². The van der Waals surface area contributed by atoms with Crippen LogP contribution in [0.5, 0.6) is 5.75 Å². The first-order valence-electron chi connectivity index (χ1n) is 9.93. The number of hydrogen-bond donors (Lipinski definition) is 3. The zero-order chi connectivity index (χ0) is 18.6. The fourth-order valence-corrected chi connectivity index (χ4v) is 4.23. The molecule has 0 bridgehead atoms. The van der Waals surface area contributed by atoms with E-state index in [4.69, 9.17) is 4.74 Å². The van der Waals surface area contributed by atoms with Gasteiger partial charge in [0.1, 0.15) is 18.0 Å². The third kappa shape index (κ3) is 4.97. The molecule has 0 spiro atoms. The lowest BCUT2D eigenvalue weighted by molar-refractivity contribution is -0.148. The molecule has 2 atom stereocenters. The maximum atomic E-state index is 11.0. The van der Waals surface area contributed by atoms with Gasteiger partial charge in [-0.3, -0.25) is 4.90 Å². The summed E-state index contributed by atoms with van der Waals surface area (Å²) >= 11 is 0. The molecule has 1 saturated carbocycles. The lowest BCUT2D eigenvalue weighted by Crippen LogP contribution is -2.61. The first-order chi connectivity index (χ1) is 12.4. The molecule has 26 heavy (non-hydrogen) atoms. The second-order valence-electron chi connectivity index (χ2n) is 8.36. The summed E-state index contributed by atoms with van der Waals surface area (Å²) in [5.74, 6) is 0.691. The third-order valence-electron chi connectivity index (χ3n) is 5.90. The Bertz CT molecular complexity index is 568. The first-order valence-corrected chi connectivity index (χ1v) is 9.93. The number of hydrogen-bond acceptors (Lipinski definition) is 5. The summed E-state index contributed by atoms with van der Waals surface area (Å²) < 4.78 is 5.76. The van der Waals surface area contributed by atoms with Crippen LogP contribution in [-0.4, -0.2) is 63.8 Å². The van der Waals surface area contributed by atoms with Crippen molar-refractivity contribution in [3.63, 3.8) is 0 Å². The Labute approximate surface area is 156 Å². The van der Waals surface area contributed by atoms with Gasteiger partial charge in [0.2, 0.25) is 0 Å². The molecular weight excluding hydrogens is 330 g/mol. The highest BCUT2D eigenvalue weighted by Gasteiger charge is 2.43. The molecule has 1 aliphatic heterocycles. The van der Waals surface area contributed by atoms with Crippen LogP contribution in [0.1, 0.15) is 50.5 Å². The van der Waals surface area contributed by atoms with Crippen LogP contribution in [0.25, 0.3) is 0 Å². The highest BCUT2D eigenvalue weighted by Crippen LogP contribution is 2.30. The topological polar surface area (TPSA) is 73.2 Å². The van der Waals surface area contributed by atoms with E-state index in [0.717, 1.165) is 31.2 Å². The molecule has 0 amide bonds. The normalized spacial score (nSPS) is 29.9. The minimum absolute atomic E-state index is 0.0478. The van der Waals surface area contributed by atoms with Crippen LogP contribution in [0.3, 0.4) is 0 Å². The van der Waals surface area contributed by atoms with E-state index in [0.29, 0.717) is 31.8 Å². The summed E-state index contributed by atoms with van der Waals surface area (Å²) in [4.78, 5) is 2.09. The molecule has 3 N–H and O–H groups in total. The van der Waals surface area contributed by atoms with Gasteiger partial charge in [-0.2, -0.15) is 0 Å². The number of benzene rings is 1. The van der Waals surface area contributed by atoms with Crippen molar-refractivity contribution in [3.8, 4) is 5.75 Å². The van der Waals surface area contributed by atoms with Crippen LogP contribution in [0, 0.1) is 6.92 Å². The zero-order valence-corrected chi connectivity index (χ0v) is 15.9. The molecule has 5 nitrogen and oxygen atoms in total. The molecular formula is C21H33NO4. The summed E-state index contributed by atoms with van der Waals surface area (Å²) in [6.07, 6.45) is 5.83. The standard InChI is InChI=1S/C21H33NO4/c1-17-6-8-18(9-7-17)26-16-21(25)15-22(13-10-19(21)23)14-20(24)11-4-2-3-5-12-20/h6-9,19,23-25H,2-5,10-16H2,1H3/t19-,21-/m0/s1. The largest absolute Gasteiger partial charge is 0.490 e. The highest BCUT2D eigenvalue weighted by molar-refractivity contribution is 5.26. The van der Waals surface area contributed by atoms with Gasteiger partial charge in [-0.15, -0.1) is 0 Å². The predicted molar refractivity (Wildman–Crippen MR) is 101 cm³/mol. The van der Waals surface area contributed by atoms with Gasteiger partial charge in [-0.1, -0.05) is 43.4 Å². The second kappa shape index (κ2) is 8.26. The maximum Gasteiger partial charge on any atom is 0.137 e. The van der Waals surface area contributed by atoms with Crippen molar-refractivity contribution >= 4 is 0 Å². The number of nitrogens with zero attached hydrogens (tertiary/aromatic N) is 1. The number of β-amino-alcohol motifs (C(OH)–C–C–N with tert-alkyl or cyclic N) is 2. The monoisotopic (exact) mass is 363 g/mol. The molecule has 1 aliphatic carbocycles.